The van der Waals surface area contributed by atoms with Gasteiger partial charge in [-0.3, -0.25) is 9.89 Å². The van der Waals surface area contributed by atoms with E-state index in [4.69, 9.17) is 10.5 Å². The number of nitrogens with zero attached hydrogens (tertiary/aromatic N) is 2. The monoisotopic (exact) mass is 336 g/mol. The van der Waals surface area contributed by atoms with Crippen LogP contribution in [0.25, 0.3) is 0 Å². The molecule has 24 heavy (non-hydrogen) atoms. The van der Waals surface area contributed by atoms with Crippen molar-refractivity contribution < 1.29 is 9.13 Å². The molecule has 0 atom stereocenters. The highest BCUT2D eigenvalue weighted by molar-refractivity contribution is 5.77. The van der Waals surface area contributed by atoms with Gasteiger partial charge in [0.1, 0.15) is 5.82 Å². The van der Waals surface area contributed by atoms with Crippen molar-refractivity contribution in [2.75, 3.05) is 45.9 Å². The molecule has 5 nitrogen and oxygen atoms in total. The largest absolute Gasteiger partial charge is 0.379 e. The van der Waals surface area contributed by atoms with Crippen LogP contribution in [0.2, 0.25) is 0 Å². The second-order valence-corrected chi connectivity index (χ2v) is 6.80. The van der Waals surface area contributed by atoms with Crippen molar-refractivity contribution in [1.82, 2.24) is 10.2 Å². The molecular formula is C18H29FN4O. The second kappa shape index (κ2) is 8.99. The zero-order valence-corrected chi connectivity index (χ0v) is 14.7. The van der Waals surface area contributed by atoms with E-state index in [1.54, 1.807) is 12.1 Å². The zero-order valence-electron chi connectivity index (χ0n) is 14.7. The van der Waals surface area contributed by atoms with Gasteiger partial charge in [0.15, 0.2) is 5.96 Å². The second-order valence-electron chi connectivity index (χ2n) is 6.80. The summed E-state index contributed by atoms with van der Waals surface area (Å²) in [6.45, 7) is 9.85. The fourth-order valence-electron chi connectivity index (χ4n) is 2.78. The molecule has 1 aliphatic heterocycles. The van der Waals surface area contributed by atoms with Gasteiger partial charge in [-0.15, -0.1) is 0 Å². The van der Waals surface area contributed by atoms with Gasteiger partial charge in [0, 0.05) is 25.0 Å². The Balaban J connectivity index is 1.73. The van der Waals surface area contributed by atoms with E-state index in [-0.39, 0.29) is 5.82 Å². The molecule has 0 unspecified atom stereocenters. The van der Waals surface area contributed by atoms with Gasteiger partial charge in [0.25, 0.3) is 0 Å². The number of ether oxygens (including phenoxy) is 1. The molecule has 0 aliphatic carbocycles. The zero-order chi connectivity index (χ0) is 17.4. The van der Waals surface area contributed by atoms with Gasteiger partial charge >= 0.3 is 0 Å². The van der Waals surface area contributed by atoms with Gasteiger partial charge in [0.2, 0.25) is 0 Å². The molecule has 0 bridgehead atoms. The quantitative estimate of drug-likeness (QED) is 0.452. The molecule has 1 aromatic rings. The van der Waals surface area contributed by atoms with Crippen molar-refractivity contribution in [3.8, 4) is 0 Å². The van der Waals surface area contributed by atoms with Crippen molar-refractivity contribution in [2.24, 2.45) is 10.7 Å². The van der Waals surface area contributed by atoms with Crippen LogP contribution in [0, 0.1) is 5.82 Å². The number of hydrogen-bond acceptors (Lipinski definition) is 3. The van der Waals surface area contributed by atoms with Gasteiger partial charge in [-0.05, 0) is 24.6 Å². The minimum atomic E-state index is -0.397. The first-order valence-electron chi connectivity index (χ1n) is 8.58. The number of aliphatic imine (C=N–C) groups is 1. The van der Waals surface area contributed by atoms with E-state index in [2.05, 4.69) is 15.2 Å². The number of hydrogen-bond donors (Lipinski definition) is 2. The van der Waals surface area contributed by atoms with Crippen molar-refractivity contribution in [2.45, 2.75) is 25.7 Å². The minimum Gasteiger partial charge on any atom is -0.379 e. The Morgan fingerprint density at radius 2 is 2.04 bits per heavy atom. The fourth-order valence-corrected chi connectivity index (χ4v) is 2.78. The summed E-state index contributed by atoms with van der Waals surface area (Å²) < 4.78 is 19.3. The molecule has 0 saturated carbocycles. The summed E-state index contributed by atoms with van der Waals surface area (Å²) >= 11 is 0. The maximum Gasteiger partial charge on any atom is 0.188 e. The van der Waals surface area contributed by atoms with Gasteiger partial charge in [-0.25, -0.2) is 4.39 Å². The van der Waals surface area contributed by atoms with Crippen molar-refractivity contribution in [1.29, 1.82) is 0 Å². The van der Waals surface area contributed by atoms with Gasteiger partial charge in [0.05, 0.1) is 19.8 Å². The highest BCUT2D eigenvalue weighted by atomic mass is 19.1. The van der Waals surface area contributed by atoms with Crippen molar-refractivity contribution in [3.63, 3.8) is 0 Å². The van der Waals surface area contributed by atoms with Crippen molar-refractivity contribution in [3.05, 3.63) is 35.6 Å². The Kier molecular flexibility index (Phi) is 6.99. The van der Waals surface area contributed by atoms with E-state index in [9.17, 15) is 4.39 Å². The topological polar surface area (TPSA) is 62.9 Å². The SMILES string of the molecule is CC(C)(CN=C(N)NCCCN1CCOCC1)c1ccccc1F. The maximum absolute atomic E-state index is 13.9. The van der Waals surface area contributed by atoms with E-state index in [1.807, 2.05) is 19.9 Å². The summed E-state index contributed by atoms with van der Waals surface area (Å²) in [5, 5.41) is 3.14. The summed E-state index contributed by atoms with van der Waals surface area (Å²) in [5.74, 6) is 0.219. The van der Waals surface area contributed by atoms with Gasteiger partial charge in [-0.1, -0.05) is 32.0 Å². The van der Waals surface area contributed by atoms with Crippen LogP contribution in [0.15, 0.2) is 29.3 Å². The predicted molar refractivity (Wildman–Crippen MR) is 95.8 cm³/mol. The number of rotatable bonds is 7. The minimum absolute atomic E-state index is 0.199. The molecule has 134 valence electrons. The number of benzene rings is 1. The Labute approximate surface area is 144 Å². The molecule has 1 fully saturated rings. The summed E-state index contributed by atoms with van der Waals surface area (Å²) in [5.41, 5.74) is 6.19. The van der Waals surface area contributed by atoms with Crippen LogP contribution in [0.1, 0.15) is 25.8 Å². The lowest BCUT2D eigenvalue weighted by molar-refractivity contribution is 0.0376. The van der Waals surface area contributed by atoms with E-state index in [0.717, 1.165) is 45.8 Å². The molecule has 1 aliphatic rings. The van der Waals surface area contributed by atoms with Crippen LogP contribution >= 0.6 is 0 Å². The smallest absolute Gasteiger partial charge is 0.188 e. The molecule has 0 radical (unpaired) electrons. The summed E-state index contributed by atoms with van der Waals surface area (Å²) in [7, 11) is 0. The van der Waals surface area contributed by atoms with E-state index >= 15 is 0 Å². The van der Waals surface area contributed by atoms with Crippen LogP contribution < -0.4 is 11.1 Å². The average Bonchev–Trinajstić information content (AvgIpc) is 2.58. The molecule has 1 aromatic carbocycles. The Hall–Kier alpha value is -1.66. The van der Waals surface area contributed by atoms with E-state index in [1.165, 1.54) is 6.07 Å². The lowest BCUT2D eigenvalue weighted by Gasteiger charge is -2.26. The lowest BCUT2D eigenvalue weighted by atomic mass is 9.84. The lowest BCUT2D eigenvalue weighted by Crippen LogP contribution is -2.39. The highest BCUT2D eigenvalue weighted by Gasteiger charge is 2.23. The normalized spacial score (nSPS) is 17.0. The fraction of sp³-hybridized carbons (Fsp3) is 0.611. The summed E-state index contributed by atoms with van der Waals surface area (Å²) in [6, 6.07) is 6.82. The maximum atomic E-state index is 13.9. The van der Waals surface area contributed by atoms with Crippen LogP contribution in [-0.2, 0) is 10.2 Å². The van der Waals surface area contributed by atoms with Crippen LogP contribution in [0.5, 0.6) is 0 Å². The number of halogens is 1. The third-order valence-corrected chi connectivity index (χ3v) is 4.31. The van der Waals surface area contributed by atoms with E-state index < -0.39 is 5.41 Å². The van der Waals surface area contributed by atoms with Crippen molar-refractivity contribution >= 4 is 5.96 Å². The van der Waals surface area contributed by atoms with E-state index in [0.29, 0.717) is 18.1 Å². The molecule has 2 rings (SSSR count). The molecule has 0 amide bonds. The molecule has 0 spiro atoms. The molecule has 1 saturated heterocycles. The van der Waals surface area contributed by atoms with Gasteiger partial charge in [-0.2, -0.15) is 0 Å². The van der Waals surface area contributed by atoms with Crippen LogP contribution in [0.4, 0.5) is 4.39 Å². The molecule has 6 heteroatoms. The first-order valence-corrected chi connectivity index (χ1v) is 8.58. The Bertz CT molecular complexity index is 542. The molecule has 0 aromatic heterocycles. The number of nitrogens with two attached hydrogens (primary N) is 1. The van der Waals surface area contributed by atoms with Crippen LogP contribution in [0.3, 0.4) is 0 Å². The number of nitrogens with one attached hydrogen (secondary N) is 1. The number of morpholine rings is 1. The summed E-state index contributed by atoms with van der Waals surface area (Å²) in [6.07, 6.45) is 1.01. The standard InChI is InChI=1S/C18H29FN4O/c1-18(2,15-6-3-4-7-16(15)19)14-22-17(20)21-8-5-9-23-10-12-24-13-11-23/h3-4,6-7H,5,8-14H2,1-2H3,(H3,20,21,22). The first kappa shape index (κ1) is 18.7. The molecule has 1 heterocycles. The third-order valence-electron chi connectivity index (χ3n) is 4.31. The summed E-state index contributed by atoms with van der Waals surface area (Å²) in [4.78, 5) is 6.77. The van der Waals surface area contributed by atoms with Gasteiger partial charge < -0.3 is 15.8 Å². The predicted octanol–water partition coefficient (Wildman–Crippen LogP) is 1.73. The third kappa shape index (κ3) is 5.76. The molecule has 3 N–H and O–H groups in total. The molecular weight excluding hydrogens is 307 g/mol. The first-order chi connectivity index (χ1) is 11.5. The highest BCUT2D eigenvalue weighted by Crippen LogP contribution is 2.25. The Morgan fingerprint density at radius 1 is 1.33 bits per heavy atom. The Morgan fingerprint density at radius 3 is 2.75 bits per heavy atom. The van der Waals surface area contributed by atoms with Crippen LogP contribution in [-0.4, -0.2) is 56.8 Å². The average molecular weight is 336 g/mol. The number of guanidine groups is 1.